The third-order valence-corrected chi connectivity index (χ3v) is 7.78. The lowest BCUT2D eigenvalue weighted by Gasteiger charge is -2.26. The van der Waals surface area contributed by atoms with E-state index >= 15 is 0 Å². The summed E-state index contributed by atoms with van der Waals surface area (Å²) in [6, 6.07) is 22.8. The van der Waals surface area contributed by atoms with Crippen LogP contribution < -0.4 is 4.74 Å². The van der Waals surface area contributed by atoms with Gasteiger partial charge in [0.25, 0.3) is 0 Å². The summed E-state index contributed by atoms with van der Waals surface area (Å²) in [4.78, 5) is 2.50. The molecule has 2 heterocycles. The van der Waals surface area contributed by atoms with Crippen molar-refractivity contribution in [2.75, 3.05) is 33.4 Å². The van der Waals surface area contributed by atoms with E-state index in [1.165, 1.54) is 60.3 Å². The molecule has 0 radical (unpaired) electrons. The van der Waals surface area contributed by atoms with E-state index in [-0.39, 0.29) is 6.10 Å². The van der Waals surface area contributed by atoms with E-state index in [2.05, 4.69) is 58.0 Å². The molecular weight excluding hydrogens is 448 g/mol. The molecule has 1 fully saturated rings. The molecule has 0 bridgehead atoms. The van der Waals surface area contributed by atoms with Crippen LogP contribution in [0.15, 0.2) is 66.7 Å². The average Bonchev–Trinajstić information content (AvgIpc) is 3.22. The zero-order chi connectivity index (χ0) is 24.5. The predicted octanol–water partition coefficient (Wildman–Crippen LogP) is 6.17. The van der Waals surface area contributed by atoms with Crippen molar-refractivity contribution in [3.05, 3.63) is 83.4 Å². The second-order valence-corrected chi connectivity index (χ2v) is 10.0. The zero-order valence-electron chi connectivity index (χ0n) is 21.0. The Bertz CT molecular complexity index is 1350. The van der Waals surface area contributed by atoms with E-state index in [0.29, 0.717) is 5.75 Å². The number of phenolic OH excluding ortho intramolecular Hbond substituents is 1. The highest BCUT2D eigenvalue weighted by molar-refractivity contribution is 5.94. The van der Waals surface area contributed by atoms with Gasteiger partial charge in [0.2, 0.25) is 0 Å². The second kappa shape index (κ2) is 10.00. The Morgan fingerprint density at radius 2 is 1.75 bits per heavy atom. The minimum Gasteiger partial charge on any atom is -0.508 e. The number of benzene rings is 3. The fourth-order valence-electron chi connectivity index (χ4n) is 5.94. The maximum Gasteiger partial charge on any atom is 0.119 e. The van der Waals surface area contributed by atoms with Crippen LogP contribution in [0.25, 0.3) is 22.2 Å². The van der Waals surface area contributed by atoms with Gasteiger partial charge >= 0.3 is 0 Å². The van der Waals surface area contributed by atoms with E-state index in [1.807, 2.05) is 12.1 Å². The highest BCUT2D eigenvalue weighted by Crippen LogP contribution is 2.45. The summed E-state index contributed by atoms with van der Waals surface area (Å²) in [7, 11) is 1.78. The number of aromatic hydroxyl groups is 1. The van der Waals surface area contributed by atoms with Crippen molar-refractivity contribution in [1.82, 2.24) is 9.47 Å². The number of rotatable bonds is 7. The monoisotopic (exact) mass is 482 g/mol. The summed E-state index contributed by atoms with van der Waals surface area (Å²) < 4.78 is 14.3. The summed E-state index contributed by atoms with van der Waals surface area (Å²) in [5, 5.41) is 11.4. The molecule has 5 nitrogen and oxygen atoms in total. The van der Waals surface area contributed by atoms with Crippen LogP contribution >= 0.6 is 0 Å². The number of piperidine rings is 1. The number of ether oxygens (including phenoxy) is 2. The summed E-state index contributed by atoms with van der Waals surface area (Å²) in [6.45, 7) is 4.87. The second-order valence-electron chi connectivity index (χ2n) is 10.0. The molecule has 1 atom stereocenters. The molecule has 3 aromatic carbocycles. The molecule has 36 heavy (non-hydrogen) atoms. The summed E-state index contributed by atoms with van der Waals surface area (Å²) in [5.74, 6) is 1.22. The van der Waals surface area contributed by atoms with Crippen molar-refractivity contribution < 1.29 is 14.6 Å². The van der Waals surface area contributed by atoms with Gasteiger partial charge in [-0.2, -0.15) is 0 Å². The molecule has 5 heteroatoms. The van der Waals surface area contributed by atoms with Crippen molar-refractivity contribution in [3.8, 4) is 22.8 Å². The van der Waals surface area contributed by atoms with Crippen molar-refractivity contribution in [1.29, 1.82) is 0 Å². The van der Waals surface area contributed by atoms with Crippen LogP contribution in [0.5, 0.6) is 11.5 Å². The third-order valence-electron chi connectivity index (χ3n) is 7.78. The molecule has 1 aromatic heterocycles. The van der Waals surface area contributed by atoms with Gasteiger partial charge in [-0.1, -0.05) is 42.8 Å². The number of hydrogen-bond acceptors (Lipinski definition) is 4. The van der Waals surface area contributed by atoms with Crippen LogP contribution in [0.3, 0.4) is 0 Å². The molecule has 2 aliphatic rings. The average molecular weight is 483 g/mol. The molecule has 1 unspecified atom stereocenters. The van der Waals surface area contributed by atoms with Crippen LogP contribution in [0.1, 0.15) is 42.1 Å². The van der Waals surface area contributed by atoms with Gasteiger partial charge in [0, 0.05) is 43.1 Å². The van der Waals surface area contributed by atoms with Gasteiger partial charge in [0.15, 0.2) is 0 Å². The van der Waals surface area contributed by atoms with Gasteiger partial charge in [-0.05, 0) is 73.0 Å². The minimum absolute atomic E-state index is 0.0106. The molecule has 0 saturated carbocycles. The van der Waals surface area contributed by atoms with Gasteiger partial charge < -0.3 is 19.1 Å². The summed E-state index contributed by atoms with van der Waals surface area (Å²) in [6.07, 6.45) is 4.78. The van der Waals surface area contributed by atoms with E-state index in [1.54, 1.807) is 13.2 Å². The van der Waals surface area contributed by atoms with E-state index in [9.17, 15) is 5.11 Å². The van der Waals surface area contributed by atoms with Crippen molar-refractivity contribution in [2.24, 2.45) is 0 Å². The fourth-order valence-corrected chi connectivity index (χ4v) is 5.94. The molecule has 1 N–H and O–H groups in total. The van der Waals surface area contributed by atoms with Crippen molar-refractivity contribution in [3.63, 3.8) is 0 Å². The molecule has 0 spiro atoms. The Morgan fingerprint density at radius 1 is 0.944 bits per heavy atom. The molecular formula is C31H34N2O3. The van der Waals surface area contributed by atoms with Crippen molar-refractivity contribution in [2.45, 2.75) is 38.3 Å². The predicted molar refractivity (Wildman–Crippen MR) is 144 cm³/mol. The lowest BCUT2D eigenvalue weighted by molar-refractivity contribution is 0.103. The fraction of sp³-hybridized carbons (Fsp3) is 0.355. The first-order valence-corrected chi connectivity index (χ1v) is 13.1. The molecule has 6 rings (SSSR count). The quantitative estimate of drug-likeness (QED) is 0.342. The highest BCUT2D eigenvalue weighted by atomic mass is 16.5. The topological polar surface area (TPSA) is 46.9 Å². The number of methoxy groups -OCH3 is 1. The maximum absolute atomic E-state index is 10.3. The van der Waals surface area contributed by atoms with Gasteiger partial charge in [-0.3, -0.25) is 4.90 Å². The highest BCUT2D eigenvalue weighted by Gasteiger charge is 2.30. The van der Waals surface area contributed by atoms with E-state index < -0.39 is 0 Å². The number of phenols is 1. The first kappa shape index (κ1) is 23.1. The van der Waals surface area contributed by atoms with Crippen LogP contribution in [-0.2, 0) is 17.7 Å². The number of fused-ring (bicyclic) bond motifs is 5. The van der Waals surface area contributed by atoms with E-state index in [4.69, 9.17) is 9.47 Å². The molecule has 186 valence electrons. The normalized spacial score (nSPS) is 17.6. The van der Waals surface area contributed by atoms with Gasteiger partial charge in [0.05, 0.1) is 11.8 Å². The summed E-state index contributed by atoms with van der Waals surface area (Å²) in [5.41, 5.74) is 7.24. The van der Waals surface area contributed by atoms with Crippen LogP contribution in [0.4, 0.5) is 0 Å². The van der Waals surface area contributed by atoms with Crippen LogP contribution in [0.2, 0.25) is 0 Å². The Kier molecular flexibility index (Phi) is 6.43. The molecule has 1 saturated heterocycles. The maximum atomic E-state index is 10.3. The minimum atomic E-state index is 0.0106. The number of hydrogen-bond donors (Lipinski definition) is 1. The van der Waals surface area contributed by atoms with Gasteiger partial charge in [0.1, 0.15) is 18.1 Å². The van der Waals surface area contributed by atoms with Crippen LogP contribution in [0, 0.1) is 0 Å². The largest absolute Gasteiger partial charge is 0.508 e. The molecule has 1 aliphatic carbocycles. The Labute approximate surface area is 212 Å². The number of likely N-dealkylation sites (tertiary alicyclic amines) is 1. The smallest absolute Gasteiger partial charge is 0.119 e. The Morgan fingerprint density at radius 3 is 2.56 bits per heavy atom. The van der Waals surface area contributed by atoms with Gasteiger partial charge in [-0.25, -0.2) is 0 Å². The molecule has 0 amide bonds. The lowest BCUT2D eigenvalue weighted by Crippen LogP contribution is -2.33. The number of nitrogens with zero attached hydrogens (tertiary/aromatic N) is 2. The van der Waals surface area contributed by atoms with Gasteiger partial charge in [-0.15, -0.1) is 0 Å². The van der Waals surface area contributed by atoms with E-state index in [0.717, 1.165) is 42.8 Å². The summed E-state index contributed by atoms with van der Waals surface area (Å²) >= 11 is 0. The standard InChI is InChI=1S/C31H34N2O3/c1-35-30-20-28-27-19-23(34)11-14-29(27)33(31(28)26-8-4-3-7-25(26)30)21-22-9-12-24(13-10-22)36-18-17-32-15-5-2-6-16-32/h3-4,7-14,19,30,34H,2,5-6,15-18,20-21H2,1H3. The number of aromatic nitrogens is 1. The van der Waals surface area contributed by atoms with Crippen LogP contribution in [-0.4, -0.2) is 47.9 Å². The zero-order valence-corrected chi connectivity index (χ0v) is 21.0. The first-order valence-electron chi connectivity index (χ1n) is 13.1. The Hall–Kier alpha value is -3.28. The third kappa shape index (κ3) is 4.38. The first-order chi connectivity index (χ1) is 17.7. The van der Waals surface area contributed by atoms with Crippen molar-refractivity contribution >= 4 is 10.9 Å². The SMILES string of the molecule is COC1Cc2c(n(Cc3ccc(OCCN4CCCCC4)cc3)c3ccc(O)cc23)-c2ccccc21. The Balaban J connectivity index is 1.28. The lowest BCUT2D eigenvalue weighted by atomic mass is 9.86. The molecule has 1 aliphatic heterocycles. The molecule has 4 aromatic rings.